The van der Waals surface area contributed by atoms with Crippen LogP contribution in [0.5, 0.6) is 0 Å². The molecule has 14 heavy (non-hydrogen) atoms. The Morgan fingerprint density at radius 2 is 1.93 bits per heavy atom. The van der Waals surface area contributed by atoms with Crippen molar-refractivity contribution in [3.63, 3.8) is 0 Å². The second-order valence-electron chi connectivity index (χ2n) is 4.69. The summed E-state index contributed by atoms with van der Waals surface area (Å²) in [7, 11) is 0. The molecule has 2 bridgehead atoms. The summed E-state index contributed by atoms with van der Waals surface area (Å²) in [6.07, 6.45) is 2.57. The number of piperidine rings is 2. The van der Waals surface area contributed by atoms with Crippen LogP contribution in [0.15, 0.2) is 24.3 Å². The van der Waals surface area contributed by atoms with Gasteiger partial charge in [0.2, 0.25) is 0 Å². The lowest BCUT2D eigenvalue weighted by Gasteiger charge is -2.53. The van der Waals surface area contributed by atoms with E-state index in [0.29, 0.717) is 5.41 Å². The summed E-state index contributed by atoms with van der Waals surface area (Å²) < 4.78 is 12.8. The van der Waals surface area contributed by atoms with Crippen molar-refractivity contribution in [1.29, 1.82) is 0 Å². The van der Waals surface area contributed by atoms with Gasteiger partial charge in [-0.05, 0) is 43.0 Å². The molecule has 3 fully saturated rings. The Morgan fingerprint density at radius 3 is 2.50 bits per heavy atom. The molecule has 0 spiro atoms. The van der Waals surface area contributed by atoms with Crippen LogP contribution in [-0.4, -0.2) is 13.1 Å². The van der Waals surface area contributed by atoms with Crippen molar-refractivity contribution in [3.8, 4) is 0 Å². The van der Waals surface area contributed by atoms with E-state index in [1.165, 1.54) is 24.9 Å². The molecule has 0 radical (unpaired) electrons. The fraction of sp³-hybridized carbons (Fsp3) is 0.500. The normalized spacial score (nSPS) is 35.1. The van der Waals surface area contributed by atoms with E-state index >= 15 is 0 Å². The fourth-order valence-electron chi connectivity index (χ4n) is 2.99. The summed E-state index contributed by atoms with van der Waals surface area (Å²) in [5, 5.41) is 3.44. The zero-order chi connectivity index (χ0) is 9.60. The molecule has 2 heteroatoms. The second-order valence-corrected chi connectivity index (χ2v) is 4.69. The van der Waals surface area contributed by atoms with Crippen LogP contribution in [0.1, 0.15) is 18.4 Å². The third kappa shape index (κ3) is 1.10. The fourth-order valence-corrected chi connectivity index (χ4v) is 2.99. The van der Waals surface area contributed by atoms with Gasteiger partial charge < -0.3 is 5.32 Å². The van der Waals surface area contributed by atoms with Crippen LogP contribution in [0.2, 0.25) is 0 Å². The van der Waals surface area contributed by atoms with Crippen LogP contribution in [-0.2, 0) is 5.41 Å². The number of rotatable bonds is 1. The minimum Gasteiger partial charge on any atom is -0.316 e. The molecule has 0 unspecified atom stereocenters. The van der Waals surface area contributed by atoms with Gasteiger partial charge in [0, 0.05) is 12.0 Å². The van der Waals surface area contributed by atoms with Gasteiger partial charge in [0.1, 0.15) is 5.82 Å². The first-order valence-corrected chi connectivity index (χ1v) is 5.25. The van der Waals surface area contributed by atoms with E-state index < -0.39 is 0 Å². The van der Waals surface area contributed by atoms with Crippen molar-refractivity contribution in [3.05, 3.63) is 35.6 Å². The van der Waals surface area contributed by atoms with Crippen LogP contribution < -0.4 is 5.32 Å². The Bertz CT molecular complexity index is 332. The number of nitrogens with one attached hydrogen (secondary N) is 1. The Kier molecular flexibility index (Phi) is 1.68. The van der Waals surface area contributed by atoms with E-state index in [4.69, 9.17) is 0 Å². The Balaban J connectivity index is 1.91. The van der Waals surface area contributed by atoms with E-state index in [1.54, 1.807) is 12.1 Å². The number of benzene rings is 1. The molecular formula is C12H14FN. The van der Waals surface area contributed by atoms with Gasteiger partial charge in [-0.2, -0.15) is 0 Å². The molecule has 1 nitrogen and oxygen atoms in total. The lowest BCUT2D eigenvalue weighted by Crippen LogP contribution is -2.57. The summed E-state index contributed by atoms with van der Waals surface area (Å²) >= 11 is 0. The van der Waals surface area contributed by atoms with E-state index in [-0.39, 0.29) is 5.82 Å². The van der Waals surface area contributed by atoms with Crippen LogP contribution in [0.4, 0.5) is 4.39 Å². The zero-order valence-electron chi connectivity index (χ0n) is 8.09. The molecule has 2 saturated heterocycles. The molecule has 1 aliphatic carbocycles. The van der Waals surface area contributed by atoms with Gasteiger partial charge in [-0.1, -0.05) is 12.1 Å². The summed E-state index contributed by atoms with van der Waals surface area (Å²) in [6.45, 7) is 2.23. The van der Waals surface area contributed by atoms with E-state index in [1.807, 2.05) is 12.1 Å². The highest BCUT2D eigenvalue weighted by Gasteiger charge is 2.47. The third-order valence-corrected chi connectivity index (χ3v) is 3.71. The number of hydrogen-bond acceptors (Lipinski definition) is 1. The Labute approximate surface area is 83.3 Å². The van der Waals surface area contributed by atoms with Gasteiger partial charge in [0.05, 0.1) is 0 Å². The summed E-state index contributed by atoms with van der Waals surface area (Å²) in [6, 6.07) is 7.04. The first kappa shape index (κ1) is 8.42. The SMILES string of the molecule is Fc1ccc(C23CNCC(C2)C3)cc1. The molecule has 2 aliphatic heterocycles. The predicted octanol–water partition coefficient (Wildman–Crippen LogP) is 2.08. The molecule has 0 amide bonds. The second kappa shape index (κ2) is 2.80. The smallest absolute Gasteiger partial charge is 0.123 e. The average Bonchev–Trinajstić information content (AvgIpc) is 2.18. The monoisotopic (exact) mass is 191 g/mol. The third-order valence-electron chi connectivity index (χ3n) is 3.71. The van der Waals surface area contributed by atoms with Crippen LogP contribution >= 0.6 is 0 Å². The lowest BCUT2D eigenvalue weighted by molar-refractivity contribution is 0.0900. The summed E-state index contributed by atoms with van der Waals surface area (Å²) in [4.78, 5) is 0. The van der Waals surface area contributed by atoms with Crippen LogP contribution in [0, 0.1) is 11.7 Å². The standard InChI is InChI=1S/C12H14FN/c13-11-3-1-10(2-4-11)12-5-9(6-12)7-14-8-12/h1-4,9,14H,5-8H2. The minimum atomic E-state index is -0.134. The van der Waals surface area contributed by atoms with Gasteiger partial charge in [0.15, 0.2) is 0 Å². The Hall–Kier alpha value is -0.890. The topological polar surface area (TPSA) is 12.0 Å². The number of hydrogen-bond donors (Lipinski definition) is 1. The molecule has 1 aromatic carbocycles. The van der Waals surface area contributed by atoms with Crippen molar-refractivity contribution in [2.24, 2.45) is 5.92 Å². The predicted molar refractivity (Wildman–Crippen MR) is 53.7 cm³/mol. The highest BCUT2D eigenvalue weighted by Crippen LogP contribution is 2.49. The molecular weight excluding hydrogens is 177 g/mol. The highest BCUT2D eigenvalue weighted by atomic mass is 19.1. The van der Waals surface area contributed by atoms with Crippen LogP contribution in [0.25, 0.3) is 0 Å². The quantitative estimate of drug-likeness (QED) is 0.716. The van der Waals surface area contributed by atoms with Gasteiger partial charge >= 0.3 is 0 Å². The minimum absolute atomic E-state index is 0.134. The van der Waals surface area contributed by atoms with E-state index in [9.17, 15) is 4.39 Å². The lowest BCUT2D eigenvalue weighted by atomic mass is 9.56. The molecule has 74 valence electrons. The van der Waals surface area contributed by atoms with Crippen molar-refractivity contribution in [1.82, 2.24) is 5.32 Å². The van der Waals surface area contributed by atoms with E-state index in [2.05, 4.69) is 5.32 Å². The molecule has 1 saturated carbocycles. The maximum atomic E-state index is 12.8. The number of halogens is 1. The van der Waals surface area contributed by atoms with Crippen LogP contribution in [0.3, 0.4) is 0 Å². The Morgan fingerprint density at radius 1 is 1.21 bits per heavy atom. The van der Waals surface area contributed by atoms with Gasteiger partial charge in [0.25, 0.3) is 0 Å². The molecule has 1 N–H and O–H groups in total. The van der Waals surface area contributed by atoms with Crippen molar-refractivity contribution in [2.45, 2.75) is 18.3 Å². The maximum Gasteiger partial charge on any atom is 0.123 e. The maximum absolute atomic E-state index is 12.8. The first-order chi connectivity index (χ1) is 6.78. The van der Waals surface area contributed by atoms with E-state index in [0.717, 1.165) is 12.5 Å². The van der Waals surface area contributed by atoms with Gasteiger partial charge in [-0.25, -0.2) is 4.39 Å². The molecule has 2 heterocycles. The molecule has 4 rings (SSSR count). The average molecular weight is 191 g/mol. The summed E-state index contributed by atoms with van der Waals surface area (Å²) in [5.41, 5.74) is 1.64. The largest absolute Gasteiger partial charge is 0.316 e. The molecule has 1 aromatic rings. The zero-order valence-corrected chi connectivity index (χ0v) is 8.09. The van der Waals surface area contributed by atoms with Crippen molar-refractivity contribution < 1.29 is 4.39 Å². The van der Waals surface area contributed by atoms with Crippen molar-refractivity contribution in [2.75, 3.05) is 13.1 Å². The number of fused-ring (bicyclic) bond motifs is 2. The summed E-state index contributed by atoms with van der Waals surface area (Å²) in [5.74, 6) is 0.721. The van der Waals surface area contributed by atoms with Gasteiger partial charge in [-0.3, -0.25) is 0 Å². The van der Waals surface area contributed by atoms with Crippen molar-refractivity contribution >= 4 is 0 Å². The highest BCUT2D eigenvalue weighted by molar-refractivity contribution is 5.31. The molecule has 0 atom stereocenters. The molecule has 3 aliphatic rings. The molecule has 0 aromatic heterocycles. The first-order valence-electron chi connectivity index (χ1n) is 5.25. The van der Waals surface area contributed by atoms with Gasteiger partial charge in [-0.15, -0.1) is 0 Å².